The van der Waals surface area contributed by atoms with Crippen LogP contribution in [-0.4, -0.2) is 34.8 Å². The Morgan fingerprint density at radius 1 is 1.57 bits per heavy atom. The van der Waals surface area contributed by atoms with Gasteiger partial charge >= 0.3 is 0 Å². The van der Waals surface area contributed by atoms with Gasteiger partial charge in [-0.2, -0.15) is 0 Å². The lowest BCUT2D eigenvalue weighted by Gasteiger charge is -2.31. The second-order valence-corrected chi connectivity index (χ2v) is 3.81. The van der Waals surface area contributed by atoms with E-state index < -0.39 is 5.91 Å². The van der Waals surface area contributed by atoms with Gasteiger partial charge in [0, 0.05) is 28.8 Å². The van der Waals surface area contributed by atoms with E-state index in [4.69, 9.17) is 5.73 Å². The molecule has 0 aliphatic carbocycles. The number of nitroso groups, excluding NO2 is 1. The van der Waals surface area contributed by atoms with E-state index in [0.717, 1.165) is 30.6 Å². The van der Waals surface area contributed by atoms with Gasteiger partial charge in [-0.15, -0.1) is 0 Å². The van der Waals surface area contributed by atoms with Crippen molar-refractivity contribution in [3.05, 3.63) is 16.7 Å². The molecular weight excluding hydrogens is 182 g/mol. The predicted octanol–water partition coefficient (Wildman–Crippen LogP) is -0.0399. The molecule has 0 radical (unpaired) electrons. The summed E-state index contributed by atoms with van der Waals surface area (Å²) in [6.07, 6.45) is 4.71. The van der Waals surface area contributed by atoms with Crippen LogP contribution in [0, 0.1) is 4.91 Å². The van der Waals surface area contributed by atoms with Crippen LogP contribution in [0.3, 0.4) is 0 Å². The SMILES string of the molecule is NC(=O)C1=CN2CCCCC2[N+](=O)C1. The fourth-order valence-electron chi connectivity index (χ4n) is 2.05. The summed E-state index contributed by atoms with van der Waals surface area (Å²) in [6.45, 7) is 0.983. The first-order valence-corrected chi connectivity index (χ1v) is 4.88. The highest BCUT2D eigenvalue weighted by Gasteiger charge is 2.38. The molecule has 14 heavy (non-hydrogen) atoms. The van der Waals surface area contributed by atoms with Gasteiger partial charge in [0.05, 0.1) is 0 Å². The average Bonchev–Trinajstić information content (AvgIpc) is 2.17. The monoisotopic (exact) mass is 196 g/mol. The fourth-order valence-corrected chi connectivity index (χ4v) is 2.05. The summed E-state index contributed by atoms with van der Waals surface area (Å²) in [5, 5.41) is 0. The minimum Gasteiger partial charge on any atom is -0.366 e. The predicted molar refractivity (Wildman–Crippen MR) is 50.1 cm³/mol. The van der Waals surface area contributed by atoms with Crippen molar-refractivity contribution in [1.82, 2.24) is 4.90 Å². The molecule has 1 saturated heterocycles. The van der Waals surface area contributed by atoms with Crippen LogP contribution < -0.4 is 5.73 Å². The third-order valence-electron chi connectivity index (χ3n) is 2.81. The molecule has 1 atom stereocenters. The lowest BCUT2D eigenvalue weighted by atomic mass is 10.1. The van der Waals surface area contributed by atoms with Crippen LogP contribution in [0.1, 0.15) is 19.3 Å². The molecular formula is C9H14N3O2+. The van der Waals surface area contributed by atoms with Gasteiger partial charge in [-0.05, 0) is 12.8 Å². The fraction of sp³-hybridized carbons (Fsp3) is 0.667. The number of carbonyl (C=O) groups is 1. The summed E-state index contributed by atoms with van der Waals surface area (Å²) in [4.78, 5) is 24.4. The topological polar surface area (TPSA) is 66.4 Å². The average molecular weight is 196 g/mol. The summed E-state index contributed by atoms with van der Waals surface area (Å²) < 4.78 is 0.958. The smallest absolute Gasteiger partial charge is 0.276 e. The summed E-state index contributed by atoms with van der Waals surface area (Å²) in [5.74, 6) is -0.491. The maximum Gasteiger partial charge on any atom is 0.276 e. The number of nitrogens with zero attached hydrogens (tertiary/aromatic N) is 2. The van der Waals surface area contributed by atoms with Gasteiger partial charge in [0.2, 0.25) is 6.54 Å². The van der Waals surface area contributed by atoms with E-state index in [1.807, 2.05) is 4.90 Å². The molecule has 0 aromatic rings. The number of nitrogens with two attached hydrogens (primary N) is 1. The van der Waals surface area contributed by atoms with E-state index in [1.165, 1.54) is 0 Å². The first kappa shape index (κ1) is 9.18. The summed E-state index contributed by atoms with van der Waals surface area (Å²) in [7, 11) is 0. The molecule has 2 aliphatic heterocycles. The number of piperidine rings is 1. The number of hydrogen-bond acceptors (Lipinski definition) is 3. The van der Waals surface area contributed by atoms with Gasteiger partial charge < -0.3 is 10.6 Å². The Morgan fingerprint density at radius 2 is 2.36 bits per heavy atom. The lowest BCUT2D eigenvalue weighted by Crippen LogP contribution is -2.48. The molecule has 76 valence electrons. The number of carbonyl (C=O) groups excluding carboxylic acids is 1. The van der Waals surface area contributed by atoms with Crippen molar-refractivity contribution < 1.29 is 9.55 Å². The van der Waals surface area contributed by atoms with Crippen LogP contribution in [0.15, 0.2) is 11.8 Å². The first-order chi connectivity index (χ1) is 6.68. The quantitative estimate of drug-likeness (QED) is 0.598. The maximum absolute atomic E-state index is 11.6. The van der Waals surface area contributed by atoms with E-state index in [9.17, 15) is 9.70 Å². The van der Waals surface area contributed by atoms with Crippen molar-refractivity contribution in [2.24, 2.45) is 5.73 Å². The first-order valence-electron chi connectivity index (χ1n) is 4.88. The Hall–Kier alpha value is -1.39. The van der Waals surface area contributed by atoms with Crippen molar-refractivity contribution in [2.45, 2.75) is 25.4 Å². The standard InChI is InChI=1S/C9H13N3O2/c10-9(13)7-5-11-4-2-1-3-8(11)12(14)6-7/h5,8H,1-4,6H2,(H-,10,13)/p+1. The molecule has 1 unspecified atom stereocenters. The van der Waals surface area contributed by atoms with Crippen LogP contribution in [0.2, 0.25) is 0 Å². The van der Waals surface area contributed by atoms with Crippen LogP contribution in [0.25, 0.3) is 0 Å². The molecule has 2 N–H and O–H groups in total. The van der Waals surface area contributed by atoms with Crippen LogP contribution >= 0.6 is 0 Å². The number of hydrogen-bond donors (Lipinski definition) is 1. The van der Waals surface area contributed by atoms with E-state index >= 15 is 0 Å². The minimum absolute atomic E-state index is 0.0770. The zero-order chi connectivity index (χ0) is 10.1. The highest BCUT2D eigenvalue weighted by Crippen LogP contribution is 2.22. The summed E-state index contributed by atoms with van der Waals surface area (Å²) in [5.41, 5.74) is 5.57. The second kappa shape index (κ2) is 3.40. The highest BCUT2D eigenvalue weighted by molar-refractivity contribution is 5.92. The Labute approximate surface area is 82.1 Å². The third-order valence-corrected chi connectivity index (χ3v) is 2.81. The number of primary amides is 1. The molecule has 0 spiro atoms. The molecule has 2 rings (SSSR count). The molecule has 1 amide bonds. The Bertz CT molecular complexity index is 311. The maximum atomic E-state index is 11.6. The zero-order valence-electron chi connectivity index (χ0n) is 7.98. The van der Waals surface area contributed by atoms with Gasteiger partial charge in [0.25, 0.3) is 12.1 Å². The van der Waals surface area contributed by atoms with Gasteiger partial charge in [-0.1, -0.05) is 0 Å². The number of amides is 1. The van der Waals surface area contributed by atoms with Gasteiger partial charge in [-0.25, -0.2) is 0 Å². The zero-order valence-corrected chi connectivity index (χ0v) is 7.98. The van der Waals surface area contributed by atoms with Crippen molar-refractivity contribution in [1.29, 1.82) is 0 Å². The van der Waals surface area contributed by atoms with E-state index in [1.54, 1.807) is 6.20 Å². The Morgan fingerprint density at radius 3 is 3.07 bits per heavy atom. The van der Waals surface area contributed by atoms with Crippen LogP contribution in [-0.2, 0) is 4.79 Å². The summed E-state index contributed by atoms with van der Waals surface area (Å²) >= 11 is 0. The van der Waals surface area contributed by atoms with Crippen molar-refractivity contribution >= 4 is 5.91 Å². The molecule has 5 heteroatoms. The van der Waals surface area contributed by atoms with Gasteiger partial charge in [0.15, 0.2) is 0 Å². The van der Waals surface area contributed by atoms with E-state index in [0.29, 0.717) is 5.57 Å². The van der Waals surface area contributed by atoms with Crippen LogP contribution in [0.4, 0.5) is 0 Å². The molecule has 0 aromatic carbocycles. The molecule has 2 heterocycles. The number of rotatable bonds is 1. The molecule has 0 bridgehead atoms. The van der Waals surface area contributed by atoms with Crippen molar-refractivity contribution in [2.75, 3.05) is 13.1 Å². The molecule has 1 fully saturated rings. The third kappa shape index (κ3) is 1.49. The Balaban J connectivity index is 2.23. The molecule has 0 aromatic heterocycles. The lowest BCUT2D eigenvalue weighted by molar-refractivity contribution is -0.607. The van der Waals surface area contributed by atoms with Crippen LogP contribution in [0.5, 0.6) is 0 Å². The summed E-state index contributed by atoms with van der Waals surface area (Å²) in [6, 6.07) is 0. The van der Waals surface area contributed by atoms with Crippen molar-refractivity contribution in [3.8, 4) is 0 Å². The number of fused-ring (bicyclic) bond motifs is 1. The van der Waals surface area contributed by atoms with E-state index in [2.05, 4.69) is 0 Å². The molecule has 0 saturated carbocycles. The molecule has 2 aliphatic rings. The second-order valence-electron chi connectivity index (χ2n) is 3.81. The normalized spacial score (nSPS) is 26.9. The Kier molecular flexibility index (Phi) is 2.23. The highest BCUT2D eigenvalue weighted by atomic mass is 16.3. The van der Waals surface area contributed by atoms with E-state index in [-0.39, 0.29) is 12.7 Å². The largest absolute Gasteiger partial charge is 0.366 e. The van der Waals surface area contributed by atoms with Crippen molar-refractivity contribution in [3.63, 3.8) is 0 Å². The molecule has 5 nitrogen and oxygen atoms in total. The van der Waals surface area contributed by atoms with Gasteiger partial charge in [0.1, 0.15) is 5.57 Å². The minimum atomic E-state index is -0.491. The van der Waals surface area contributed by atoms with Gasteiger partial charge in [-0.3, -0.25) is 4.79 Å².